The molecule has 2 aliphatic rings. The molecule has 3 rings (SSSR count). The Morgan fingerprint density at radius 3 is 2.74 bits per heavy atom. The molecule has 8 heteroatoms. The van der Waals surface area contributed by atoms with Crippen LogP contribution in [0.25, 0.3) is 0 Å². The van der Waals surface area contributed by atoms with Gasteiger partial charge < -0.3 is 10.6 Å². The van der Waals surface area contributed by atoms with Gasteiger partial charge in [-0.2, -0.15) is 0 Å². The Balaban J connectivity index is 1.83. The van der Waals surface area contributed by atoms with E-state index in [1.54, 1.807) is 17.1 Å². The monoisotopic (exact) mass is 338 g/mol. The number of rotatable bonds is 5. The number of carbonyl (C=O) groups is 1. The summed E-state index contributed by atoms with van der Waals surface area (Å²) in [6, 6.07) is 4.79. The third kappa shape index (κ3) is 3.40. The van der Waals surface area contributed by atoms with Gasteiger partial charge in [-0.15, -0.1) is 4.83 Å². The van der Waals surface area contributed by atoms with Crippen LogP contribution in [0.15, 0.2) is 23.1 Å². The Bertz CT molecular complexity index is 699. The summed E-state index contributed by atoms with van der Waals surface area (Å²) < 4.78 is 25.0. The van der Waals surface area contributed by atoms with E-state index in [4.69, 9.17) is 0 Å². The zero-order valence-electron chi connectivity index (χ0n) is 13.1. The van der Waals surface area contributed by atoms with Crippen LogP contribution in [0.2, 0.25) is 0 Å². The number of nitrogens with zero attached hydrogens (tertiary/aromatic N) is 1. The smallest absolute Gasteiger partial charge is 0.253 e. The van der Waals surface area contributed by atoms with E-state index in [0.717, 1.165) is 31.5 Å². The summed E-state index contributed by atoms with van der Waals surface area (Å²) in [5.74, 6) is -0.197. The van der Waals surface area contributed by atoms with Crippen LogP contribution in [0, 0.1) is 0 Å². The zero-order valence-corrected chi connectivity index (χ0v) is 13.9. The van der Waals surface area contributed by atoms with Gasteiger partial charge in [-0.25, -0.2) is 13.4 Å². The molecule has 0 aromatic heterocycles. The first-order valence-corrected chi connectivity index (χ1v) is 9.42. The Morgan fingerprint density at radius 2 is 2.04 bits per heavy atom. The normalized spacial score (nSPS) is 22.0. The van der Waals surface area contributed by atoms with Gasteiger partial charge in [0.1, 0.15) is 0 Å². The van der Waals surface area contributed by atoms with E-state index in [1.165, 1.54) is 6.07 Å². The Hall–Kier alpha value is -1.48. The van der Waals surface area contributed by atoms with Crippen LogP contribution in [-0.2, 0) is 10.0 Å². The van der Waals surface area contributed by atoms with Crippen molar-refractivity contribution in [2.45, 2.75) is 30.7 Å². The van der Waals surface area contributed by atoms with Crippen molar-refractivity contribution in [3.8, 4) is 0 Å². The molecule has 0 aliphatic carbocycles. The molecular weight excluding hydrogens is 316 g/mol. The first-order valence-electron chi connectivity index (χ1n) is 7.94. The molecular formula is C15H22N4O3S. The van der Waals surface area contributed by atoms with E-state index >= 15 is 0 Å². The van der Waals surface area contributed by atoms with Crippen LogP contribution < -0.4 is 15.5 Å². The molecule has 1 fully saturated rings. The lowest BCUT2D eigenvalue weighted by molar-refractivity contribution is 0.0955. The number of piperazine rings is 1. The van der Waals surface area contributed by atoms with E-state index in [1.807, 2.05) is 0 Å². The van der Waals surface area contributed by atoms with Gasteiger partial charge in [0.2, 0.25) is 0 Å². The van der Waals surface area contributed by atoms with Crippen LogP contribution in [0.1, 0.15) is 41.7 Å². The maximum absolute atomic E-state index is 12.5. The fourth-order valence-electron chi connectivity index (χ4n) is 3.01. The Morgan fingerprint density at radius 1 is 1.30 bits per heavy atom. The maximum Gasteiger partial charge on any atom is 0.253 e. The van der Waals surface area contributed by atoms with E-state index in [9.17, 15) is 13.2 Å². The standard InChI is InChI=1S/C15H22N4O3S/c1-2-3-14-12-5-4-11(10-13(12)15(20)17-14)23(21,22)18-19-8-6-16-7-9-19/h4-5,10,14,16,18H,2-3,6-9H2,1H3,(H,17,20). The molecule has 1 unspecified atom stereocenters. The summed E-state index contributed by atoms with van der Waals surface area (Å²) in [7, 11) is -3.67. The molecule has 1 saturated heterocycles. The number of amides is 1. The fourth-order valence-corrected chi connectivity index (χ4v) is 4.16. The summed E-state index contributed by atoms with van der Waals surface area (Å²) in [5, 5.41) is 7.75. The molecule has 23 heavy (non-hydrogen) atoms. The molecule has 0 spiro atoms. The molecule has 1 aromatic rings. The fraction of sp³-hybridized carbons (Fsp3) is 0.533. The lowest BCUT2D eigenvalue weighted by Crippen LogP contribution is -2.52. The number of fused-ring (bicyclic) bond motifs is 1. The molecule has 1 atom stereocenters. The van der Waals surface area contributed by atoms with E-state index in [2.05, 4.69) is 22.4 Å². The molecule has 0 radical (unpaired) electrons. The van der Waals surface area contributed by atoms with Crippen molar-refractivity contribution >= 4 is 15.9 Å². The van der Waals surface area contributed by atoms with E-state index < -0.39 is 10.0 Å². The maximum atomic E-state index is 12.5. The first kappa shape index (κ1) is 16.4. The molecule has 126 valence electrons. The topological polar surface area (TPSA) is 90.5 Å². The van der Waals surface area contributed by atoms with Crippen molar-refractivity contribution in [3.63, 3.8) is 0 Å². The van der Waals surface area contributed by atoms with Crippen LogP contribution in [0.4, 0.5) is 0 Å². The molecule has 7 nitrogen and oxygen atoms in total. The van der Waals surface area contributed by atoms with Gasteiger partial charge in [-0.05, 0) is 24.1 Å². The highest BCUT2D eigenvalue weighted by molar-refractivity contribution is 7.89. The van der Waals surface area contributed by atoms with Crippen molar-refractivity contribution < 1.29 is 13.2 Å². The van der Waals surface area contributed by atoms with Gasteiger partial charge in [0.15, 0.2) is 0 Å². The molecule has 1 amide bonds. The summed E-state index contributed by atoms with van der Waals surface area (Å²) >= 11 is 0. The number of hydrogen-bond acceptors (Lipinski definition) is 5. The Labute approximate surface area is 136 Å². The van der Waals surface area contributed by atoms with E-state index in [-0.39, 0.29) is 16.8 Å². The average molecular weight is 338 g/mol. The predicted octanol–water partition coefficient (Wildman–Crippen LogP) is 0.370. The Kier molecular flexibility index (Phi) is 4.67. The zero-order chi connectivity index (χ0) is 16.4. The number of nitrogens with one attached hydrogen (secondary N) is 3. The number of sulfonamides is 1. The molecule has 0 saturated carbocycles. The largest absolute Gasteiger partial charge is 0.345 e. The lowest BCUT2D eigenvalue weighted by Gasteiger charge is -2.27. The van der Waals surface area contributed by atoms with Crippen molar-refractivity contribution in [1.29, 1.82) is 0 Å². The molecule has 3 N–H and O–H groups in total. The second kappa shape index (κ2) is 6.56. The number of hydrazine groups is 1. The van der Waals surface area contributed by atoms with E-state index in [0.29, 0.717) is 18.7 Å². The van der Waals surface area contributed by atoms with Crippen molar-refractivity contribution in [2.24, 2.45) is 0 Å². The quantitative estimate of drug-likeness (QED) is 0.722. The van der Waals surface area contributed by atoms with Gasteiger partial charge in [0.25, 0.3) is 15.9 Å². The molecule has 1 aromatic carbocycles. The number of carbonyl (C=O) groups excluding carboxylic acids is 1. The van der Waals surface area contributed by atoms with Gasteiger partial charge in [0, 0.05) is 31.7 Å². The summed E-state index contributed by atoms with van der Waals surface area (Å²) in [4.78, 5) is 14.8. The van der Waals surface area contributed by atoms with Crippen LogP contribution >= 0.6 is 0 Å². The van der Waals surface area contributed by atoms with Gasteiger partial charge in [-0.1, -0.05) is 19.4 Å². The minimum Gasteiger partial charge on any atom is -0.345 e. The summed E-state index contributed by atoms with van der Waals surface area (Å²) in [5.41, 5.74) is 1.35. The third-order valence-electron chi connectivity index (χ3n) is 4.20. The summed E-state index contributed by atoms with van der Waals surface area (Å²) in [6.45, 7) is 4.77. The van der Waals surface area contributed by atoms with Crippen molar-refractivity contribution in [1.82, 2.24) is 20.5 Å². The van der Waals surface area contributed by atoms with Crippen LogP contribution in [0.3, 0.4) is 0 Å². The van der Waals surface area contributed by atoms with Gasteiger partial charge in [0.05, 0.1) is 10.9 Å². The minimum atomic E-state index is -3.67. The van der Waals surface area contributed by atoms with Crippen LogP contribution in [0.5, 0.6) is 0 Å². The highest BCUT2D eigenvalue weighted by Gasteiger charge is 2.30. The second-order valence-electron chi connectivity index (χ2n) is 5.90. The minimum absolute atomic E-state index is 0.0135. The van der Waals surface area contributed by atoms with Crippen molar-refractivity contribution in [2.75, 3.05) is 26.2 Å². The number of benzene rings is 1. The predicted molar refractivity (Wildman–Crippen MR) is 86.3 cm³/mol. The first-order chi connectivity index (χ1) is 11.0. The van der Waals surface area contributed by atoms with Crippen molar-refractivity contribution in [3.05, 3.63) is 29.3 Å². The van der Waals surface area contributed by atoms with Gasteiger partial charge >= 0.3 is 0 Å². The highest BCUT2D eigenvalue weighted by atomic mass is 32.2. The number of hydrogen-bond donors (Lipinski definition) is 3. The molecule has 2 heterocycles. The highest BCUT2D eigenvalue weighted by Crippen LogP contribution is 2.30. The van der Waals surface area contributed by atoms with Crippen LogP contribution in [-0.4, -0.2) is 45.5 Å². The third-order valence-corrected chi connectivity index (χ3v) is 5.58. The second-order valence-corrected chi connectivity index (χ2v) is 7.56. The molecule has 2 aliphatic heterocycles. The molecule has 0 bridgehead atoms. The SMILES string of the molecule is CCCC1NC(=O)c2cc(S(=O)(=O)NN3CCNCC3)ccc21. The summed E-state index contributed by atoms with van der Waals surface area (Å²) in [6.07, 6.45) is 1.80. The average Bonchev–Trinajstić information content (AvgIpc) is 2.84. The lowest BCUT2D eigenvalue weighted by atomic mass is 10.0. The van der Waals surface area contributed by atoms with Gasteiger partial charge in [-0.3, -0.25) is 4.79 Å².